The number of sulfonamides is 1. The molecule has 1 amide bonds. The van der Waals surface area contributed by atoms with Crippen LogP contribution in [0.1, 0.15) is 40.2 Å². The lowest BCUT2D eigenvalue weighted by atomic mass is 10.2. The highest BCUT2D eigenvalue weighted by Gasteiger charge is 2.26. The van der Waals surface area contributed by atoms with Crippen molar-refractivity contribution < 1.29 is 22.7 Å². The number of aromatic nitrogens is 3. The van der Waals surface area contributed by atoms with Crippen LogP contribution in [-0.4, -0.2) is 64.8 Å². The number of hydrogen-bond donors (Lipinski definition) is 2. The molecule has 13 heteroatoms. The van der Waals surface area contributed by atoms with Crippen molar-refractivity contribution in [2.24, 2.45) is 0 Å². The third-order valence-electron chi connectivity index (χ3n) is 4.78. The second kappa shape index (κ2) is 12.0. The summed E-state index contributed by atoms with van der Waals surface area (Å²) in [6.07, 6.45) is 0.384. The first-order valence-electron chi connectivity index (χ1n) is 10.6. The fourth-order valence-electron chi connectivity index (χ4n) is 3.14. The van der Waals surface area contributed by atoms with Crippen LogP contribution in [0, 0.1) is 0 Å². The molecule has 1 aromatic carbocycles. The molecule has 0 radical (unpaired) electrons. The van der Waals surface area contributed by atoms with Crippen LogP contribution in [0.5, 0.6) is 0 Å². The first-order valence-corrected chi connectivity index (χ1v) is 13.0. The first kappa shape index (κ1) is 26.6. The summed E-state index contributed by atoms with van der Waals surface area (Å²) in [4.78, 5) is 24.8. The molecule has 1 atom stereocenters. The molecule has 1 aromatic heterocycles. The second-order valence-corrected chi connectivity index (χ2v) is 9.71. The SMILES string of the molecule is CCOC(=O)CSc1nnc(N)n1C(CC)C(=O)Nc1ccc(S(=O)(=O)N(CC)CC)cc1. The zero-order valence-electron chi connectivity index (χ0n) is 19.1. The summed E-state index contributed by atoms with van der Waals surface area (Å²) < 4.78 is 33.0. The summed E-state index contributed by atoms with van der Waals surface area (Å²) in [5.41, 5.74) is 6.38. The molecule has 1 unspecified atom stereocenters. The van der Waals surface area contributed by atoms with Gasteiger partial charge in [0.2, 0.25) is 21.9 Å². The summed E-state index contributed by atoms with van der Waals surface area (Å²) >= 11 is 1.08. The zero-order valence-corrected chi connectivity index (χ0v) is 20.8. The summed E-state index contributed by atoms with van der Waals surface area (Å²) in [5, 5.41) is 10.9. The zero-order chi connectivity index (χ0) is 24.6. The van der Waals surface area contributed by atoms with Gasteiger partial charge in [0.25, 0.3) is 0 Å². The molecule has 0 saturated heterocycles. The van der Waals surface area contributed by atoms with Crippen LogP contribution >= 0.6 is 11.8 Å². The molecule has 1 heterocycles. The number of ether oxygens (including phenoxy) is 1. The fraction of sp³-hybridized carbons (Fsp3) is 0.500. The Morgan fingerprint density at radius 2 is 1.79 bits per heavy atom. The summed E-state index contributed by atoms with van der Waals surface area (Å²) in [6, 6.07) is 5.25. The maximum atomic E-state index is 13.0. The van der Waals surface area contributed by atoms with E-state index in [1.807, 2.05) is 6.92 Å². The van der Waals surface area contributed by atoms with Crippen LogP contribution in [0.3, 0.4) is 0 Å². The molecular formula is C20H30N6O5S2. The van der Waals surface area contributed by atoms with E-state index in [-0.39, 0.29) is 29.1 Å². The molecular weight excluding hydrogens is 468 g/mol. The smallest absolute Gasteiger partial charge is 0.316 e. The minimum Gasteiger partial charge on any atom is -0.465 e. The van der Waals surface area contributed by atoms with E-state index >= 15 is 0 Å². The van der Waals surface area contributed by atoms with E-state index in [0.29, 0.717) is 30.4 Å². The Bertz CT molecular complexity index is 1050. The molecule has 182 valence electrons. The molecule has 0 fully saturated rings. The van der Waals surface area contributed by atoms with E-state index in [2.05, 4.69) is 15.5 Å². The van der Waals surface area contributed by atoms with E-state index < -0.39 is 22.0 Å². The van der Waals surface area contributed by atoms with Gasteiger partial charge in [0.1, 0.15) is 6.04 Å². The number of nitrogen functional groups attached to an aromatic ring is 1. The molecule has 0 aliphatic heterocycles. The van der Waals surface area contributed by atoms with Gasteiger partial charge in [0.05, 0.1) is 17.3 Å². The van der Waals surface area contributed by atoms with E-state index in [1.54, 1.807) is 20.8 Å². The lowest BCUT2D eigenvalue weighted by molar-refractivity contribution is -0.139. The van der Waals surface area contributed by atoms with E-state index in [0.717, 1.165) is 11.8 Å². The monoisotopic (exact) mass is 498 g/mol. The van der Waals surface area contributed by atoms with Crippen molar-refractivity contribution in [3.63, 3.8) is 0 Å². The standard InChI is InChI=1S/C20H30N6O5S2/c1-5-16(26-19(21)23-24-20(26)32-13-17(27)31-8-4)18(28)22-14-9-11-15(12-10-14)33(29,30)25(6-2)7-3/h9-12,16H,5-8,13H2,1-4H3,(H2,21,23)(H,22,28). The Morgan fingerprint density at radius 3 is 2.33 bits per heavy atom. The van der Waals surface area contributed by atoms with Gasteiger partial charge in [-0.2, -0.15) is 4.31 Å². The highest BCUT2D eigenvalue weighted by molar-refractivity contribution is 7.99. The van der Waals surface area contributed by atoms with E-state index in [1.165, 1.54) is 33.1 Å². The molecule has 33 heavy (non-hydrogen) atoms. The summed E-state index contributed by atoms with van der Waals surface area (Å²) in [5.74, 6) is -0.731. The summed E-state index contributed by atoms with van der Waals surface area (Å²) in [6.45, 7) is 8.07. The van der Waals surface area contributed by atoms with Crippen molar-refractivity contribution in [3.8, 4) is 0 Å². The lowest BCUT2D eigenvalue weighted by Crippen LogP contribution is -2.30. The lowest BCUT2D eigenvalue weighted by Gasteiger charge is -2.20. The largest absolute Gasteiger partial charge is 0.465 e. The molecule has 0 aliphatic carbocycles. The molecule has 3 N–H and O–H groups in total. The van der Waals surface area contributed by atoms with Gasteiger partial charge < -0.3 is 15.8 Å². The quantitative estimate of drug-likeness (QED) is 0.331. The second-order valence-electron chi connectivity index (χ2n) is 6.83. The van der Waals surface area contributed by atoms with Gasteiger partial charge in [-0.15, -0.1) is 10.2 Å². The Balaban J connectivity index is 2.18. The highest BCUT2D eigenvalue weighted by atomic mass is 32.2. The fourth-order valence-corrected chi connectivity index (χ4v) is 5.39. The Kier molecular flexibility index (Phi) is 9.68. The normalized spacial score (nSPS) is 12.5. The van der Waals surface area contributed by atoms with Crippen LogP contribution in [0.4, 0.5) is 11.6 Å². The average molecular weight is 499 g/mol. The van der Waals surface area contributed by atoms with Crippen LogP contribution in [-0.2, 0) is 24.3 Å². The number of esters is 1. The van der Waals surface area contributed by atoms with Gasteiger partial charge in [-0.3, -0.25) is 14.2 Å². The van der Waals surface area contributed by atoms with Crippen molar-refractivity contribution in [3.05, 3.63) is 24.3 Å². The predicted molar refractivity (Wildman–Crippen MR) is 126 cm³/mol. The number of hydrogen-bond acceptors (Lipinski definition) is 9. The van der Waals surface area contributed by atoms with Gasteiger partial charge in [0, 0.05) is 18.8 Å². The third-order valence-corrected chi connectivity index (χ3v) is 7.76. The number of carbonyl (C=O) groups is 2. The number of rotatable bonds is 12. The number of nitrogens with zero attached hydrogens (tertiary/aromatic N) is 4. The van der Waals surface area contributed by atoms with Gasteiger partial charge >= 0.3 is 5.97 Å². The molecule has 2 aromatic rings. The van der Waals surface area contributed by atoms with Crippen molar-refractivity contribution in [1.29, 1.82) is 0 Å². The van der Waals surface area contributed by atoms with Crippen molar-refractivity contribution >= 4 is 45.3 Å². The Morgan fingerprint density at radius 1 is 1.15 bits per heavy atom. The van der Waals surface area contributed by atoms with E-state index in [9.17, 15) is 18.0 Å². The Hall–Kier alpha value is -2.64. The molecule has 0 saturated carbocycles. The topological polar surface area (TPSA) is 150 Å². The van der Waals surface area contributed by atoms with Crippen molar-refractivity contribution in [2.45, 2.75) is 50.2 Å². The number of anilines is 2. The molecule has 0 spiro atoms. The number of nitrogens with one attached hydrogen (secondary N) is 1. The number of amides is 1. The third kappa shape index (κ3) is 6.45. The maximum Gasteiger partial charge on any atom is 0.316 e. The minimum absolute atomic E-state index is 0.00645. The predicted octanol–water partition coefficient (Wildman–Crippen LogP) is 2.14. The summed E-state index contributed by atoms with van der Waals surface area (Å²) in [7, 11) is -3.59. The molecule has 0 bridgehead atoms. The molecule has 2 rings (SSSR count). The highest BCUT2D eigenvalue weighted by Crippen LogP contribution is 2.26. The van der Waals surface area contributed by atoms with Crippen LogP contribution in [0.2, 0.25) is 0 Å². The van der Waals surface area contributed by atoms with Crippen molar-refractivity contribution in [2.75, 3.05) is 36.5 Å². The van der Waals surface area contributed by atoms with Crippen molar-refractivity contribution in [1.82, 2.24) is 19.1 Å². The van der Waals surface area contributed by atoms with Crippen LogP contribution < -0.4 is 11.1 Å². The first-order chi connectivity index (χ1) is 15.7. The van der Waals surface area contributed by atoms with Gasteiger partial charge in [0.15, 0.2) is 5.16 Å². The van der Waals surface area contributed by atoms with Gasteiger partial charge in [-0.1, -0.05) is 32.5 Å². The number of nitrogens with two attached hydrogens (primary N) is 1. The van der Waals surface area contributed by atoms with Crippen LogP contribution in [0.15, 0.2) is 34.3 Å². The number of carbonyl (C=O) groups excluding carboxylic acids is 2. The Labute approximate surface area is 198 Å². The van der Waals surface area contributed by atoms with Crippen LogP contribution in [0.25, 0.3) is 0 Å². The maximum absolute atomic E-state index is 13.0. The number of benzene rings is 1. The van der Waals surface area contributed by atoms with Gasteiger partial charge in [-0.25, -0.2) is 8.42 Å². The minimum atomic E-state index is -3.59. The average Bonchev–Trinajstić information content (AvgIpc) is 3.14. The number of thioether (sulfide) groups is 1. The molecule has 0 aliphatic rings. The van der Waals surface area contributed by atoms with E-state index in [4.69, 9.17) is 10.5 Å². The molecule has 11 nitrogen and oxygen atoms in total. The van der Waals surface area contributed by atoms with Gasteiger partial charge in [-0.05, 0) is 37.6 Å².